The standard InChI is InChI=1S/C14H18BrNO4/c1-9(14(17)18)7-16(2)8-10-5-11(15)13-12(6-10)19-3-4-20-13/h5-6,9H,3-4,7-8H2,1-2H3,(H,17,18). The average Bonchev–Trinajstić information content (AvgIpc) is 2.38. The van der Waals surface area contributed by atoms with Gasteiger partial charge in [0.1, 0.15) is 13.2 Å². The highest BCUT2D eigenvalue weighted by Gasteiger charge is 2.18. The molecule has 5 nitrogen and oxygen atoms in total. The number of fused-ring (bicyclic) bond motifs is 1. The molecule has 2 rings (SSSR count). The predicted octanol–water partition coefficient (Wildman–Crippen LogP) is 2.37. The molecule has 110 valence electrons. The van der Waals surface area contributed by atoms with Crippen LogP contribution in [0.15, 0.2) is 16.6 Å². The minimum atomic E-state index is -0.778. The molecule has 1 aromatic carbocycles. The van der Waals surface area contributed by atoms with Crippen molar-refractivity contribution >= 4 is 21.9 Å². The molecule has 1 N–H and O–H groups in total. The van der Waals surface area contributed by atoms with Gasteiger partial charge in [-0.05, 0) is 40.7 Å². The number of halogens is 1. The summed E-state index contributed by atoms with van der Waals surface area (Å²) in [6.07, 6.45) is 0. The molecular formula is C14H18BrNO4. The molecule has 0 fully saturated rings. The van der Waals surface area contributed by atoms with Crippen molar-refractivity contribution in [3.05, 3.63) is 22.2 Å². The number of carboxylic acids is 1. The molecule has 0 radical (unpaired) electrons. The van der Waals surface area contributed by atoms with Gasteiger partial charge in [-0.25, -0.2) is 0 Å². The molecule has 0 amide bonds. The summed E-state index contributed by atoms with van der Waals surface area (Å²) in [7, 11) is 1.91. The Hall–Kier alpha value is -1.27. The molecule has 0 saturated heterocycles. The Kier molecular flexibility index (Phi) is 4.88. The molecular weight excluding hydrogens is 326 g/mol. The Balaban J connectivity index is 2.06. The number of ether oxygens (including phenoxy) is 2. The molecule has 0 aliphatic carbocycles. The van der Waals surface area contributed by atoms with Gasteiger partial charge in [0.25, 0.3) is 0 Å². The van der Waals surface area contributed by atoms with Crippen molar-refractivity contribution in [1.29, 1.82) is 0 Å². The zero-order chi connectivity index (χ0) is 14.7. The molecule has 20 heavy (non-hydrogen) atoms. The van der Waals surface area contributed by atoms with Gasteiger partial charge in [0.05, 0.1) is 10.4 Å². The van der Waals surface area contributed by atoms with E-state index in [9.17, 15) is 4.79 Å². The van der Waals surface area contributed by atoms with Crippen LogP contribution in [0.2, 0.25) is 0 Å². The van der Waals surface area contributed by atoms with Crippen LogP contribution in [0.3, 0.4) is 0 Å². The van der Waals surface area contributed by atoms with E-state index in [1.807, 2.05) is 24.1 Å². The first-order chi connectivity index (χ1) is 9.47. The highest BCUT2D eigenvalue weighted by molar-refractivity contribution is 9.10. The van der Waals surface area contributed by atoms with Crippen molar-refractivity contribution in [2.24, 2.45) is 5.92 Å². The first-order valence-corrected chi connectivity index (χ1v) is 7.26. The van der Waals surface area contributed by atoms with Gasteiger partial charge >= 0.3 is 5.97 Å². The number of carbonyl (C=O) groups is 1. The van der Waals surface area contributed by atoms with Gasteiger partial charge in [0, 0.05) is 13.1 Å². The van der Waals surface area contributed by atoms with Gasteiger partial charge in [-0.1, -0.05) is 6.92 Å². The maximum absolute atomic E-state index is 10.9. The molecule has 0 bridgehead atoms. The van der Waals surface area contributed by atoms with E-state index in [1.165, 1.54) is 0 Å². The summed E-state index contributed by atoms with van der Waals surface area (Å²) >= 11 is 3.48. The molecule has 0 saturated carbocycles. The maximum Gasteiger partial charge on any atom is 0.307 e. The fourth-order valence-corrected chi connectivity index (χ4v) is 2.78. The van der Waals surface area contributed by atoms with E-state index < -0.39 is 5.97 Å². The zero-order valence-corrected chi connectivity index (χ0v) is 13.1. The Labute approximate surface area is 126 Å². The van der Waals surface area contributed by atoms with E-state index in [4.69, 9.17) is 14.6 Å². The number of carboxylic acid groups (broad SMARTS) is 1. The normalized spacial score (nSPS) is 15.2. The van der Waals surface area contributed by atoms with E-state index in [0.717, 1.165) is 21.5 Å². The molecule has 1 atom stereocenters. The minimum Gasteiger partial charge on any atom is -0.486 e. The number of hydrogen-bond donors (Lipinski definition) is 1. The van der Waals surface area contributed by atoms with Crippen LogP contribution in [0, 0.1) is 5.92 Å². The molecule has 6 heteroatoms. The minimum absolute atomic E-state index is 0.388. The van der Waals surface area contributed by atoms with E-state index in [1.54, 1.807) is 6.92 Å². The molecule has 1 aliphatic heterocycles. The summed E-state index contributed by atoms with van der Waals surface area (Å²) in [6.45, 7) is 3.97. The van der Waals surface area contributed by atoms with Crippen molar-refractivity contribution < 1.29 is 19.4 Å². The Morgan fingerprint density at radius 1 is 1.45 bits per heavy atom. The van der Waals surface area contributed by atoms with E-state index >= 15 is 0 Å². The van der Waals surface area contributed by atoms with Gasteiger partial charge in [0.2, 0.25) is 0 Å². The molecule has 0 spiro atoms. The first kappa shape index (κ1) is 15.1. The number of aliphatic carboxylic acids is 1. The topological polar surface area (TPSA) is 59.0 Å². The van der Waals surface area contributed by atoms with Crippen molar-refractivity contribution in [2.75, 3.05) is 26.8 Å². The first-order valence-electron chi connectivity index (χ1n) is 6.46. The van der Waals surface area contributed by atoms with Gasteiger partial charge in [-0.15, -0.1) is 0 Å². The lowest BCUT2D eigenvalue weighted by molar-refractivity contribution is -0.141. The van der Waals surface area contributed by atoms with Crippen LogP contribution >= 0.6 is 15.9 Å². The second-order valence-electron chi connectivity index (χ2n) is 5.04. The van der Waals surface area contributed by atoms with Crippen molar-refractivity contribution in [3.63, 3.8) is 0 Å². The lowest BCUT2D eigenvalue weighted by atomic mass is 10.1. The number of rotatable bonds is 5. The SMILES string of the molecule is CC(CN(C)Cc1cc(Br)c2c(c1)OCCO2)C(=O)O. The number of nitrogens with zero attached hydrogens (tertiary/aromatic N) is 1. The van der Waals surface area contributed by atoms with E-state index in [0.29, 0.717) is 26.3 Å². The van der Waals surface area contributed by atoms with Crippen LogP contribution < -0.4 is 9.47 Å². The predicted molar refractivity (Wildman–Crippen MR) is 78.3 cm³/mol. The summed E-state index contributed by atoms with van der Waals surface area (Å²) in [4.78, 5) is 12.8. The molecule has 1 aromatic rings. The Morgan fingerprint density at radius 2 is 2.15 bits per heavy atom. The van der Waals surface area contributed by atoms with Crippen molar-refractivity contribution in [2.45, 2.75) is 13.5 Å². The van der Waals surface area contributed by atoms with Crippen LogP contribution in [0.5, 0.6) is 11.5 Å². The van der Waals surface area contributed by atoms with Crippen molar-refractivity contribution in [3.8, 4) is 11.5 Å². The maximum atomic E-state index is 10.9. The quantitative estimate of drug-likeness (QED) is 0.889. The third kappa shape index (κ3) is 3.64. The number of benzene rings is 1. The van der Waals surface area contributed by atoms with Gasteiger partial charge in [-0.3, -0.25) is 4.79 Å². The van der Waals surface area contributed by atoms with Crippen LogP contribution in [0.25, 0.3) is 0 Å². The summed E-state index contributed by atoms with van der Waals surface area (Å²) in [5.74, 6) is 0.308. The van der Waals surface area contributed by atoms with Gasteiger partial charge < -0.3 is 19.5 Å². The summed E-state index contributed by atoms with van der Waals surface area (Å²) in [5, 5.41) is 8.93. The second kappa shape index (κ2) is 6.45. The van der Waals surface area contributed by atoms with Crippen LogP contribution in [-0.4, -0.2) is 42.8 Å². The van der Waals surface area contributed by atoms with E-state index in [-0.39, 0.29) is 5.92 Å². The van der Waals surface area contributed by atoms with Gasteiger partial charge in [-0.2, -0.15) is 0 Å². The number of hydrogen-bond acceptors (Lipinski definition) is 4. The van der Waals surface area contributed by atoms with E-state index in [2.05, 4.69) is 15.9 Å². The fourth-order valence-electron chi connectivity index (χ4n) is 2.18. The molecule has 1 aliphatic rings. The molecule has 1 heterocycles. The smallest absolute Gasteiger partial charge is 0.307 e. The largest absolute Gasteiger partial charge is 0.486 e. The van der Waals surface area contributed by atoms with Crippen LogP contribution in [-0.2, 0) is 11.3 Å². The monoisotopic (exact) mass is 343 g/mol. The average molecular weight is 344 g/mol. The third-order valence-corrected chi connectivity index (χ3v) is 3.71. The Morgan fingerprint density at radius 3 is 2.85 bits per heavy atom. The summed E-state index contributed by atoms with van der Waals surface area (Å²) < 4.78 is 12.0. The highest BCUT2D eigenvalue weighted by Crippen LogP contribution is 2.38. The molecule has 1 unspecified atom stereocenters. The summed E-state index contributed by atoms with van der Waals surface area (Å²) in [6, 6.07) is 3.93. The molecule has 0 aromatic heterocycles. The van der Waals surface area contributed by atoms with Gasteiger partial charge in [0.15, 0.2) is 11.5 Å². The fraction of sp³-hybridized carbons (Fsp3) is 0.500. The van der Waals surface area contributed by atoms with Crippen molar-refractivity contribution in [1.82, 2.24) is 4.90 Å². The summed E-state index contributed by atoms with van der Waals surface area (Å²) in [5.41, 5.74) is 1.06. The second-order valence-corrected chi connectivity index (χ2v) is 5.89. The van der Waals surface area contributed by atoms with Crippen LogP contribution in [0.1, 0.15) is 12.5 Å². The lowest BCUT2D eigenvalue weighted by Crippen LogP contribution is -2.28. The lowest BCUT2D eigenvalue weighted by Gasteiger charge is -2.23. The zero-order valence-electron chi connectivity index (χ0n) is 11.6. The highest BCUT2D eigenvalue weighted by atomic mass is 79.9. The Bertz CT molecular complexity index is 506. The third-order valence-electron chi connectivity index (χ3n) is 3.12. The van der Waals surface area contributed by atoms with Crippen LogP contribution in [0.4, 0.5) is 0 Å².